The number of anilines is 1. The highest BCUT2D eigenvalue weighted by atomic mass is 16.3. The second kappa shape index (κ2) is 5.32. The fourth-order valence-corrected chi connectivity index (χ4v) is 2.32. The van der Waals surface area contributed by atoms with Crippen molar-refractivity contribution in [2.45, 2.75) is 25.3 Å². The second-order valence-electron chi connectivity index (χ2n) is 4.40. The lowest BCUT2D eigenvalue weighted by Gasteiger charge is -2.31. The lowest BCUT2D eigenvalue weighted by atomic mass is 10.0. The third-order valence-electron chi connectivity index (χ3n) is 3.23. The van der Waals surface area contributed by atoms with Gasteiger partial charge in [0.1, 0.15) is 0 Å². The normalized spacial score (nSPS) is 18.5. The quantitative estimate of drug-likeness (QED) is 0.814. The summed E-state index contributed by atoms with van der Waals surface area (Å²) in [4.78, 5) is 2.38. The summed E-state index contributed by atoms with van der Waals surface area (Å²) >= 11 is 0. The molecule has 1 aromatic carbocycles. The molecule has 1 unspecified atom stereocenters. The Morgan fingerprint density at radius 1 is 1.19 bits per heavy atom. The van der Waals surface area contributed by atoms with Crippen molar-refractivity contribution < 1.29 is 5.11 Å². The number of hydrogen-bond donors (Lipinski definition) is 2. The summed E-state index contributed by atoms with van der Waals surface area (Å²) < 4.78 is 0. The summed E-state index contributed by atoms with van der Waals surface area (Å²) in [5.41, 5.74) is 8.18. The van der Waals surface area contributed by atoms with Gasteiger partial charge in [-0.2, -0.15) is 0 Å². The van der Waals surface area contributed by atoms with Gasteiger partial charge in [0.2, 0.25) is 0 Å². The van der Waals surface area contributed by atoms with Gasteiger partial charge in [-0.05, 0) is 30.9 Å². The van der Waals surface area contributed by atoms with Crippen LogP contribution < -0.4 is 10.6 Å². The first-order chi connectivity index (χ1) is 7.83. The highest BCUT2D eigenvalue weighted by Crippen LogP contribution is 2.27. The molecule has 1 aromatic rings. The van der Waals surface area contributed by atoms with Crippen molar-refractivity contribution in [3.63, 3.8) is 0 Å². The predicted molar refractivity (Wildman–Crippen MR) is 66.5 cm³/mol. The van der Waals surface area contributed by atoms with Crippen molar-refractivity contribution in [3.05, 3.63) is 29.8 Å². The van der Waals surface area contributed by atoms with E-state index < -0.39 is 0 Å². The second-order valence-corrected chi connectivity index (χ2v) is 4.40. The number of hydrogen-bond acceptors (Lipinski definition) is 3. The maximum Gasteiger partial charge on any atom is 0.0625 e. The van der Waals surface area contributed by atoms with E-state index in [9.17, 15) is 0 Å². The first-order valence-corrected chi connectivity index (χ1v) is 6.03. The molecular weight excluding hydrogens is 200 g/mol. The smallest absolute Gasteiger partial charge is 0.0625 e. The molecule has 3 N–H and O–H groups in total. The lowest BCUT2D eigenvalue weighted by molar-refractivity contribution is 0.268. The van der Waals surface area contributed by atoms with E-state index in [2.05, 4.69) is 11.0 Å². The zero-order chi connectivity index (χ0) is 11.4. The van der Waals surface area contributed by atoms with Crippen LogP contribution in [-0.2, 0) is 0 Å². The van der Waals surface area contributed by atoms with Crippen LogP contribution >= 0.6 is 0 Å². The molecule has 1 fully saturated rings. The zero-order valence-corrected chi connectivity index (χ0v) is 9.60. The van der Waals surface area contributed by atoms with Gasteiger partial charge in [-0.25, -0.2) is 0 Å². The van der Waals surface area contributed by atoms with Crippen molar-refractivity contribution in [2.75, 3.05) is 24.6 Å². The van der Waals surface area contributed by atoms with E-state index in [1.54, 1.807) is 0 Å². The molecule has 88 valence electrons. The molecule has 1 heterocycles. The monoisotopic (exact) mass is 220 g/mol. The molecule has 0 aliphatic carbocycles. The van der Waals surface area contributed by atoms with E-state index in [1.807, 2.05) is 18.2 Å². The van der Waals surface area contributed by atoms with E-state index in [0.717, 1.165) is 18.7 Å². The minimum Gasteiger partial charge on any atom is -0.394 e. The summed E-state index contributed by atoms with van der Waals surface area (Å²) in [5, 5.41) is 9.17. The minimum atomic E-state index is -0.266. The maximum atomic E-state index is 9.17. The molecule has 1 aliphatic heterocycles. The molecule has 1 aliphatic rings. The number of nitrogens with zero attached hydrogens (tertiary/aromatic N) is 1. The minimum absolute atomic E-state index is 0.00481. The largest absolute Gasteiger partial charge is 0.394 e. The summed E-state index contributed by atoms with van der Waals surface area (Å²) in [6.07, 6.45) is 3.83. The van der Waals surface area contributed by atoms with Crippen molar-refractivity contribution in [1.82, 2.24) is 0 Å². The molecule has 0 aromatic heterocycles. The van der Waals surface area contributed by atoms with Crippen LogP contribution in [0.25, 0.3) is 0 Å². The number of nitrogens with two attached hydrogens (primary N) is 1. The van der Waals surface area contributed by atoms with Crippen molar-refractivity contribution in [2.24, 2.45) is 5.73 Å². The molecule has 3 nitrogen and oxygen atoms in total. The maximum absolute atomic E-state index is 9.17. The average Bonchev–Trinajstić information content (AvgIpc) is 2.39. The Morgan fingerprint density at radius 2 is 1.88 bits per heavy atom. The first kappa shape index (κ1) is 11.4. The number of piperidine rings is 1. The van der Waals surface area contributed by atoms with E-state index in [4.69, 9.17) is 10.8 Å². The number of benzene rings is 1. The van der Waals surface area contributed by atoms with Gasteiger partial charge >= 0.3 is 0 Å². The van der Waals surface area contributed by atoms with Gasteiger partial charge in [0, 0.05) is 18.8 Å². The van der Waals surface area contributed by atoms with Crippen LogP contribution in [0.5, 0.6) is 0 Å². The average molecular weight is 220 g/mol. The topological polar surface area (TPSA) is 49.5 Å². The lowest BCUT2D eigenvalue weighted by Crippen LogP contribution is -2.31. The Kier molecular flexibility index (Phi) is 3.80. The summed E-state index contributed by atoms with van der Waals surface area (Å²) in [5.74, 6) is 0. The van der Waals surface area contributed by atoms with Crippen LogP contribution in [0.2, 0.25) is 0 Å². The number of aliphatic hydroxyl groups is 1. The highest BCUT2D eigenvalue weighted by molar-refractivity contribution is 5.55. The van der Waals surface area contributed by atoms with Crippen LogP contribution in [0.15, 0.2) is 24.3 Å². The van der Waals surface area contributed by atoms with Gasteiger partial charge in [-0.15, -0.1) is 0 Å². The fraction of sp³-hybridized carbons (Fsp3) is 0.538. The zero-order valence-electron chi connectivity index (χ0n) is 9.60. The molecule has 0 radical (unpaired) electrons. The highest BCUT2D eigenvalue weighted by Gasteiger charge is 2.16. The van der Waals surface area contributed by atoms with Gasteiger partial charge in [0.15, 0.2) is 0 Å². The third kappa shape index (κ3) is 2.36. The summed E-state index contributed by atoms with van der Waals surface area (Å²) in [7, 11) is 0. The number of para-hydroxylation sites is 1. The molecule has 0 amide bonds. The Morgan fingerprint density at radius 3 is 2.56 bits per heavy atom. The Labute approximate surface area is 96.9 Å². The molecule has 0 spiro atoms. The van der Waals surface area contributed by atoms with Crippen molar-refractivity contribution in [1.29, 1.82) is 0 Å². The van der Waals surface area contributed by atoms with E-state index >= 15 is 0 Å². The van der Waals surface area contributed by atoms with Crippen molar-refractivity contribution >= 4 is 5.69 Å². The van der Waals surface area contributed by atoms with Crippen LogP contribution in [0.4, 0.5) is 5.69 Å². The van der Waals surface area contributed by atoms with Crippen LogP contribution in [-0.4, -0.2) is 24.8 Å². The van der Waals surface area contributed by atoms with Crippen LogP contribution in [0.1, 0.15) is 30.9 Å². The summed E-state index contributed by atoms with van der Waals surface area (Å²) in [6.45, 7) is 2.22. The SMILES string of the molecule is NC(CO)c1ccccc1N1CCCCC1. The molecule has 1 atom stereocenters. The van der Waals surface area contributed by atoms with Gasteiger partial charge in [-0.1, -0.05) is 18.2 Å². The fourth-order valence-electron chi connectivity index (χ4n) is 2.32. The van der Waals surface area contributed by atoms with Gasteiger partial charge in [-0.3, -0.25) is 0 Å². The third-order valence-corrected chi connectivity index (χ3v) is 3.23. The number of rotatable bonds is 3. The van der Waals surface area contributed by atoms with Gasteiger partial charge in [0.25, 0.3) is 0 Å². The molecule has 0 bridgehead atoms. The Hall–Kier alpha value is -1.06. The van der Waals surface area contributed by atoms with E-state index in [1.165, 1.54) is 24.9 Å². The molecular formula is C13H20N2O. The summed E-state index contributed by atoms with van der Waals surface area (Å²) in [6, 6.07) is 7.88. The number of aliphatic hydroxyl groups excluding tert-OH is 1. The van der Waals surface area contributed by atoms with Gasteiger partial charge in [0.05, 0.1) is 12.6 Å². The Balaban J connectivity index is 2.24. The van der Waals surface area contributed by atoms with E-state index in [-0.39, 0.29) is 12.6 Å². The molecule has 3 heteroatoms. The Bertz CT molecular complexity index is 334. The van der Waals surface area contributed by atoms with E-state index in [0.29, 0.717) is 0 Å². The standard InChI is InChI=1S/C13H20N2O/c14-12(10-16)11-6-2-3-7-13(11)15-8-4-1-5-9-15/h2-3,6-7,12,16H,1,4-5,8-10,14H2. The molecule has 1 saturated heterocycles. The molecule has 16 heavy (non-hydrogen) atoms. The van der Waals surface area contributed by atoms with Crippen LogP contribution in [0, 0.1) is 0 Å². The predicted octanol–water partition coefficient (Wildman–Crippen LogP) is 1.67. The first-order valence-electron chi connectivity index (χ1n) is 6.03. The molecule has 0 saturated carbocycles. The molecule has 2 rings (SSSR count). The van der Waals surface area contributed by atoms with Crippen LogP contribution in [0.3, 0.4) is 0 Å². The van der Waals surface area contributed by atoms with Crippen molar-refractivity contribution in [3.8, 4) is 0 Å². The van der Waals surface area contributed by atoms with Gasteiger partial charge < -0.3 is 15.7 Å².